The quantitative estimate of drug-likeness (QED) is 0.384. The number of hydrogen-bond acceptors (Lipinski definition) is 8. The molecule has 10 nitrogen and oxygen atoms in total. The Balaban J connectivity index is 2.18. The molecule has 3 rings (SSSR count). The molecule has 1 aliphatic rings. The molecule has 2 aromatic rings. The van der Waals surface area contributed by atoms with Crippen LogP contribution in [0.4, 0.5) is 5.95 Å². The van der Waals surface area contributed by atoms with Gasteiger partial charge in [-0.2, -0.15) is 4.98 Å². The maximum atomic E-state index is 11.8. The highest BCUT2D eigenvalue weighted by Crippen LogP contribution is 2.38. The molecule has 10 heteroatoms. The Morgan fingerprint density at radius 2 is 2.35 bits per heavy atom. The van der Waals surface area contributed by atoms with Crippen molar-refractivity contribution in [2.24, 2.45) is 5.73 Å². The number of nitrogens with one attached hydrogen (secondary N) is 1. The first-order valence-electron chi connectivity index (χ1n) is 6.80. The molecule has 5 atom stereocenters. The van der Waals surface area contributed by atoms with Crippen LogP contribution in [0.2, 0.25) is 0 Å². The third kappa shape index (κ3) is 2.10. The van der Waals surface area contributed by atoms with Crippen LogP contribution in [0.25, 0.3) is 11.2 Å². The summed E-state index contributed by atoms with van der Waals surface area (Å²) in [6.45, 7) is 1.44. The number of anilines is 1. The standard InChI is InChI=1S/C13H16N6O4/c1-3-13(15)8(21)7(5(2)20)23-11(13)19-4-16-6-9(19)17-12(14)18-10(6)22/h1,4-5,7-8,11,20-21H,15H2,2H3,(H3,14,17,18,22)/t5-,7+,8?,11+,13+/m0/s1. The van der Waals surface area contributed by atoms with Gasteiger partial charge in [-0.05, 0) is 6.92 Å². The van der Waals surface area contributed by atoms with Gasteiger partial charge in [-0.15, -0.1) is 6.42 Å². The summed E-state index contributed by atoms with van der Waals surface area (Å²) in [6.07, 6.45) is 2.33. The predicted molar refractivity (Wildman–Crippen MR) is 79.9 cm³/mol. The molecule has 0 aromatic carbocycles. The molecule has 1 saturated heterocycles. The molecule has 23 heavy (non-hydrogen) atoms. The minimum Gasteiger partial charge on any atom is -0.391 e. The van der Waals surface area contributed by atoms with Gasteiger partial charge in [-0.25, -0.2) is 4.98 Å². The number of nitrogens with zero attached hydrogens (tertiary/aromatic N) is 3. The van der Waals surface area contributed by atoms with Gasteiger partial charge in [0.1, 0.15) is 12.2 Å². The Bertz CT molecular complexity index is 852. The van der Waals surface area contributed by atoms with Crippen LogP contribution in [-0.2, 0) is 4.74 Å². The van der Waals surface area contributed by atoms with Crippen molar-refractivity contribution in [3.05, 3.63) is 16.7 Å². The van der Waals surface area contributed by atoms with Crippen LogP contribution in [0.15, 0.2) is 11.1 Å². The van der Waals surface area contributed by atoms with E-state index in [1.165, 1.54) is 17.8 Å². The fraction of sp³-hybridized carbons (Fsp3) is 0.462. The monoisotopic (exact) mass is 320 g/mol. The Hall–Kier alpha value is -2.45. The zero-order chi connectivity index (χ0) is 16.9. The summed E-state index contributed by atoms with van der Waals surface area (Å²) < 4.78 is 6.96. The number of imidazole rings is 1. The van der Waals surface area contributed by atoms with Crippen LogP contribution < -0.4 is 17.0 Å². The lowest BCUT2D eigenvalue weighted by Crippen LogP contribution is -2.54. The van der Waals surface area contributed by atoms with E-state index >= 15 is 0 Å². The topological polar surface area (TPSA) is 165 Å². The van der Waals surface area contributed by atoms with Gasteiger partial charge in [0.25, 0.3) is 5.56 Å². The zero-order valence-electron chi connectivity index (χ0n) is 12.2. The summed E-state index contributed by atoms with van der Waals surface area (Å²) in [7, 11) is 0. The lowest BCUT2D eigenvalue weighted by molar-refractivity contribution is -0.0756. The van der Waals surface area contributed by atoms with Crippen LogP contribution >= 0.6 is 0 Å². The number of fused-ring (bicyclic) bond motifs is 1. The van der Waals surface area contributed by atoms with E-state index in [-0.39, 0.29) is 17.1 Å². The Labute approximate surface area is 130 Å². The van der Waals surface area contributed by atoms with E-state index in [4.69, 9.17) is 22.6 Å². The van der Waals surface area contributed by atoms with Gasteiger partial charge in [0, 0.05) is 0 Å². The molecular weight excluding hydrogens is 304 g/mol. The number of nitrogen functional groups attached to an aromatic ring is 1. The first-order valence-corrected chi connectivity index (χ1v) is 6.80. The summed E-state index contributed by atoms with van der Waals surface area (Å²) in [5.41, 5.74) is 9.63. The fourth-order valence-electron chi connectivity index (χ4n) is 2.70. The molecule has 0 radical (unpaired) electrons. The summed E-state index contributed by atoms with van der Waals surface area (Å²) in [4.78, 5) is 22.1. The number of aliphatic hydroxyl groups is 2. The third-order valence-electron chi connectivity index (χ3n) is 3.92. The fourth-order valence-corrected chi connectivity index (χ4v) is 2.70. The molecular formula is C13H16N6O4. The summed E-state index contributed by atoms with van der Waals surface area (Å²) in [5, 5.41) is 20.1. The summed E-state index contributed by atoms with van der Waals surface area (Å²) >= 11 is 0. The molecule has 0 amide bonds. The summed E-state index contributed by atoms with van der Waals surface area (Å²) in [5.74, 6) is 2.19. The number of hydrogen-bond donors (Lipinski definition) is 5. The molecule has 0 aliphatic carbocycles. The second-order valence-electron chi connectivity index (χ2n) is 5.49. The molecule has 1 aliphatic heterocycles. The van der Waals surface area contributed by atoms with Crippen LogP contribution in [0.5, 0.6) is 0 Å². The minimum atomic E-state index is -1.64. The number of terminal acetylenes is 1. The number of ether oxygens (including phenoxy) is 1. The molecule has 0 saturated carbocycles. The molecule has 0 spiro atoms. The number of aromatic amines is 1. The molecule has 7 N–H and O–H groups in total. The third-order valence-corrected chi connectivity index (χ3v) is 3.92. The van der Waals surface area contributed by atoms with Crippen molar-refractivity contribution in [3.63, 3.8) is 0 Å². The van der Waals surface area contributed by atoms with E-state index in [1.54, 1.807) is 0 Å². The van der Waals surface area contributed by atoms with E-state index in [0.29, 0.717) is 0 Å². The molecule has 1 fully saturated rings. The lowest BCUT2D eigenvalue weighted by atomic mass is 9.90. The molecule has 2 aromatic heterocycles. The Kier molecular flexibility index (Phi) is 3.38. The highest BCUT2D eigenvalue weighted by molar-refractivity contribution is 5.70. The van der Waals surface area contributed by atoms with E-state index in [1.807, 2.05) is 0 Å². The largest absolute Gasteiger partial charge is 0.391 e. The van der Waals surface area contributed by atoms with Crippen LogP contribution in [0.1, 0.15) is 13.2 Å². The Morgan fingerprint density at radius 1 is 1.65 bits per heavy atom. The normalized spacial score (nSPS) is 32.0. The van der Waals surface area contributed by atoms with Gasteiger partial charge < -0.3 is 26.4 Å². The number of aromatic nitrogens is 4. The van der Waals surface area contributed by atoms with Crippen molar-refractivity contribution in [2.75, 3.05) is 5.73 Å². The van der Waals surface area contributed by atoms with Crippen LogP contribution in [0, 0.1) is 12.3 Å². The van der Waals surface area contributed by atoms with Gasteiger partial charge in [0.05, 0.1) is 12.4 Å². The molecule has 3 heterocycles. The van der Waals surface area contributed by atoms with Crippen molar-refractivity contribution >= 4 is 17.1 Å². The van der Waals surface area contributed by atoms with E-state index in [9.17, 15) is 15.0 Å². The Morgan fingerprint density at radius 3 is 2.96 bits per heavy atom. The minimum absolute atomic E-state index is 0.0251. The highest BCUT2D eigenvalue weighted by Gasteiger charge is 2.55. The van der Waals surface area contributed by atoms with Crippen molar-refractivity contribution in [1.82, 2.24) is 19.5 Å². The maximum absolute atomic E-state index is 11.8. The van der Waals surface area contributed by atoms with E-state index in [2.05, 4.69) is 20.9 Å². The van der Waals surface area contributed by atoms with E-state index < -0.39 is 35.6 Å². The van der Waals surface area contributed by atoms with Gasteiger partial charge in [-0.3, -0.25) is 14.3 Å². The second-order valence-corrected chi connectivity index (χ2v) is 5.49. The first kappa shape index (κ1) is 15.4. The van der Waals surface area contributed by atoms with Crippen molar-refractivity contribution in [1.29, 1.82) is 0 Å². The number of aliphatic hydroxyl groups excluding tert-OH is 2. The predicted octanol–water partition coefficient (Wildman–Crippen LogP) is -2.33. The smallest absolute Gasteiger partial charge is 0.280 e. The average molecular weight is 320 g/mol. The number of rotatable bonds is 2. The van der Waals surface area contributed by atoms with Crippen LogP contribution in [0.3, 0.4) is 0 Å². The molecule has 1 unspecified atom stereocenters. The van der Waals surface area contributed by atoms with Gasteiger partial charge in [0.15, 0.2) is 22.9 Å². The SMILES string of the molecule is C#C[C@@]1(N)C(O)[C@@H]([C@H](C)O)O[C@H]1n1cnc2c(=O)[nH]c(N)nc21. The lowest BCUT2D eigenvalue weighted by Gasteiger charge is -2.27. The van der Waals surface area contributed by atoms with Gasteiger partial charge >= 0.3 is 0 Å². The van der Waals surface area contributed by atoms with Crippen LogP contribution in [-0.4, -0.2) is 53.6 Å². The molecule has 0 bridgehead atoms. The first-order chi connectivity index (χ1) is 10.8. The maximum Gasteiger partial charge on any atom is 0.280 e. The van der Waals surface area contributed by atoms with Crippen molar-refractivity contribution in [3.8, 4) is 12.3 Å². The molecule has 122 valence electrons. The number of H-pyrrole nitrogens is 1. The van der Waals surface area contributed by atoms with Gasteiger partial charge in [-0.1, -0.05) is 5.92 Å². The average Bonchev–Trinajstić information content (AvgIpc) is 3.00. The van der Waals surface area contributed by atoms with Crippen molar-refractivity contribution in [2.45, 2.75) is 37.0 Å². The second kappa shape index (κ2) is 5.04. The highest BCUT2D eigenvalue weighted by atomic mass is 16.5. The summed E-state index contributed by atoms with van der Waals surface area (Å²) in [6, 6.07) is 0. The zero-order valence-corrected chi connectivity index (χ0v) is 12.2. The van der Waals surface area contributed by atoms with Crippen molar-refractivity contribution < 1.29 is 14.9 Å². The number of nitrogens with two attached hydrogens (primary N) is 2. The van der Waals surface area contributed by atoms with Gasteiger partial charge in [0.2, 0.25) is 5.95 Å². The van der Waals surface area contributed by atoms with E-state index in [0.717, 1.165) is 0 Å².